The van der Waals surface area contributed by atoms with Gasteiger partial charge in [0.2, 0.25) is 0 Å². The quantitative estimate of drug-likeness (QED) is 0.768. The number of amides is 3. The molecule has 1 rings (SSSR count). The Balaban J connectivity index is 2.84. The van der Waals surface area contributed by atoms with Crippen molar-refractivity contribution in [3.8, 4) is 5.75 Å². The Labute approximate surface area is 112 Å². The fourth-order valence-corrected chi connectivity index (χ4v) is 1.76. The predicted molar refractivity (Wildman–Crippen MR) is 67.9 cm³/mol. The van der Waals surface area contributed by atoms with Crippen molar-refractivity contribution in [2.45, 2.75) is 19.6 Å². The van der Waals surface area contributed by atoms with Gasteiger partial charge in [-0.25, -0.2) is 4.79 Å². The van der Waals surface area contributed by atoms with Crippen LogP contribution in [0.5, 0.6) is 5.75 Å². The van der Waals surface area contributed by atoms with E-state index in [1.165, 1.54) is 6.92 Å². The zero-order valence-corrected chi connectivity index (χ0v) is 11.2. The highest BCUT2D eigenvalue weighted by Gasteiger charge is 2.18. The molecule has 0 aliphatic rings. The molecule has 18 heavy (non-hydrogen) atoms. The Kier molecular flexibility index (Phi) is 5.11. The minimum Gasteiger partial charge on any atom is -0.479 e. The van der Waals surface area contributed by atoms with Gasteiger partial charge in [-0.3, -0.25) is 10.1 Å². The fraction of sp³-hybridized carbons (Fsp3) is 0.273. The van der Waals surface area contributed by atoms with Gasteiger partial charge in [-0.05, 0) is 28.9 Å². The second-order valence-electron chi connectivity index (χ2n) is 3.50. The van der Waals surface area contributed by atoms with Crippen molar-refractivity contribution < 1.29 is 19.4 Å². The van der Waals surface area contributed by atoms with Gasteiger partial charge in [-0.1, -0.05) is 12.1 Å². The normalized spacial score (nSPS) is 11.7. The van der Waals surface area contributed by atoms with E-state index in [0.29, 0.717) is 15.8 Å². The number of carbonyl (C=O) groups is 2. The maximum atomic E-state index is 11.5. The molecule has 7 heteroatoms. The third-order valence-corrected chi connectivity index (χ3v) is 2.75. The van der Waals surface area contributed by atoms with Gasteiger partial charge in [0.05, 0.1) is 11.1 Å². The second kappa shape index (κ2) is 6.36. The number of hydrogen-bond donors (Lipinski definition) is 3. The molecule has 0 saturated carbocycles. The number of halogens is 1. The zero-order chi connectivity index (χ0) is 13.7. The summed E-state index contributed by atoms with van der Waals surface area (Å²) in [5, 5.41) is 11.1. The number of aliphatic hydroxyl groups excluding tert-OH is 1. The summed E-state index contributed by atoms with van der Waals surface area (Å²) in [5.74, 6) is -0.297. The van der Waals surface area contributed by atoms with Gasteiger partial charge in [0, 0.05) is 5.56 Å². The minimum atomic E-state index is -0.940. The van der Waals surface area contributed by atoms with E-state index in [4.69, 9.17) is 15.6 Å². The highest BCUT2D eigenvalue weighted by molar-refractivity contribution is 9.10. The van der Waals surface area contributed by atoms with Crippen molar-refractivity contribution in [2.75, 3.05) is 0 Å². The number of imide groups is 1. The molecular weight excluding hydrogens is 304 g/mol. The van der Waals surface area contributed by atoms with Crippen LogP contribution in [0.15, 0.2) is 22.7 Å². The molecule has 1 unspecified atom stereocenters. The molecule has 0 spiro atoms. The van der Waals surface area contributed by atoms with Crippen LogP contribution in [0.2, 0.25) is 0 Å². The summed E-state index contributed by atoms with van der Waals surface area (Å²) in [4.78, 5) is 22.0. The highest BCUT2D eigenvalue weighted by Crippen LogP contribution is 2.29. The molecule has 0 aromatic heterocycles. The molecule has 3 amide bonds. The van der Waals surface area contributed by atoms with Gasteiger partial charge in [0.15, 0.2) is 6.10 Å². The Morgan fingerprint density at radius 2 is 2.22 bits per heavy atom. The number of rotatable bonds is 4. The van der Waals surface area contributed by atoms with E-state index in [-0.39, 0.29) is 6.61 Å². The molecule has 1 aromatic carbocycles. The third kappa shape index (κ3) is 3.71. The zero-order valence-electron chi connectivity index (χ0n) is 9.64. The van der Waals surface area contributed by atoms with Crippen LogP contribution >= 0.6 is 15.9 Å². The molecule has 0 aliphatic heterocycles. The van der Waals surface area contributed by atoms with Gasteiger partial charge >= 0.3 is 6.03 Å². The van der Waals surface area contributed by atoms with Crippen molar-refractivity contribution >= 4 is 27.9 Å². The summed E-state index contributed by atoms with van der Waals surface area (Å²) in [5.41, 5.74) is 5.37. The first kappa shape index (κ1) is 14.5. The summed E-state index contributed by atoms with van der Waals surface area (Å²) in [6, 6.07) is 4.17. The van der Waals surface area contributed by atoms with Gasteiger partial charge in [0.25, 0.3) is 5.91 Å². The SMILES string of the molecule is CC(Oc1c(Br)cccc1CO)C(=O)NC(N)=O. The van der Waals surface area contributed by atoms with E-state index in [9.17, 15) is 9.59 Å². The Hall–Kier alpha value is -1.60. The number of nitrogens with one attached hydrogen (secondary N) is 1. The van der Waals surface area contributed by atoms with Crippen LogP contribution < -0.4 is 15.8 Å². The van der Waals surface area contributed by atoms with Crippen molar-refractivity contribution in [3.05, 3.63) is 28.2 Å². The number of para-hydroxylation sites is 1. The molecule has 4 N–H and O–H groups in total. The molecule has 0 heterocycles. The predicted octanol–water partition coefficient (Wildman–Crippen LogP) is 0.904. The largest absolute Gasteiger partial charge is 0.479 e. The Bertz CT molecular complexity index is 464. The summed E-state index contributed by atoms with van der Waals surface area (Å²) < 4.78 is 6.01. The summed E-state index contributed by atoms with van der Waals surface area (Å²) in [6.45, 7) is 1.25. The van der Waals surface area contributed by atoms with Crippen LogP contribution in [0.1, 0.15) is 12.5 Å². The molecule has 0 aliphatic carbocycles. The van der Waals surface area contributed by atoms with E-state index < -0.39 is 18.0 Å². The van der Waals surface area contributed by atoms with E-state index in [0.717, 1.165) is 0 Å². The molecule has 0 fully saturated rings. The molecule has 1 aromatic rings. The van der Waals surface area contributed by atoms with Crippen LogP contribution in [0.4, 0.5) is 4.79 Å². The molecule has 1 atom stereocenters. The van der Waals surface area contributed by atoms with E-state index in [2.05, 4.69) is 15.9 Å². The van der Waals surface area contributed by atoms with E-state index >= 15 is 0 Å². The van der Waals surface area contributed by atoms with Gasteiger partial charge in [-0.15, -0.1) is 0 Å². The van der Waals surface area contributed by atoms with Crippen molar-refractivity contribution in [1.82, 2.24) is 5.32 Å². The monoisotopic (exact) mass is 316 g/mol. The lowest BCUT2D eigenvalue weighted by Gasteiger charge is -2.17. The average Bonchev–Trinajstić information content (AvgIpc) is 2.30. The fourth-order valence-electron chi connectivity index (χ4n) is 1.26. The number of benzene rings is 1. The summed E-state index contributed by atoms with van der Waals surface area (Å²) in [7, 11) is 0. The van der Waals surface area contributed by atoms with Crippen LogP contribution in [0.25, 0.3) is 0 Å². The number of nitrogens with two attached hydrogens (primary N) is 1. The molecule has 0 bridgehead atoms. The Morgan fingerprint density at radius 3 is 2.78 bits per heavy atom. The van der Waals surface area contributed by atoms with Crippen LogP contribution in [0, 0.1) is 0 Å². The third-order valence-electron chi connectivity index (χ3n) is 2.13. The number of urea groups is 1. The molecule has 0 saturated heterocycles. The molecular formula is C11H13BrN2O4. The summed E-state index contributed by atoms with van der Waals surface area (Å²) >= 11 is 3.26. The first-order chi connectivity index (χ1) is 8.45. The highest BCUT2D eigenvalue weighted by atomic mass is 79.9. The van der Waals surface area contributed by atoms with Gasteiger partial charge in [-0.2, -0.15) is 0 Å². The Morgan fingerprint density at radius 1 is 1.56 bits per heavy atom. The molecule has 98 valence electrons. The van der Waals surface area contributed by atoms with Gasteiger partial charge in [0.1, 0.15) is 5.75 Å². The minimum absolute atomic E-state index is 0.223. The average molecular weight is 317 g/mol. The van der Waals surface area contributed by atoms with Crippen molar-refractivity contribution in [1.29, 1.82) is 0 Å². The maximum Gasteiger partial charge on any atom is 0.318 e. The lowest BCUT2D eigenvalue weighted by Crippen LogP contribution is -2.42. The molecule has 6 nitrogen and oxygen atoms in total. The van der Waals surface area contributed by atoms with Crippen molar-refractivity contribution in [2.24, 2.45) is 5.73 Å². The number of primary amides is 1. The first-order valence-electron chi connectivity index (χ1n) is 5.11. The lowest BCUT2D eigenvalue weighted by molar-refractivity contribution is -0.126. The van der Waals surface area contributed by atoms with Crippen LogP contribution in [-0.4, -0.2) is 23.1 Å². The number of carbonyl (C=O) groups excluding carboxylic acids is 2. The van der Waals surface area contributed by atoms with Crippen LogP contribution in [0.3, 0.4) is 0 Å². The smallest absolute Gasteiger partial charge is 0.318 e. The van der Waals surface area contributed by atoms with E-state index in [1.807, 2.05) is 5.32 Å². The standard InChI is InChI=1S/C11H13BrN2O4/c1-6(10(16)14-11(13)17)18-9-7(5-15)3-2-4-8(9)12/h2-4,6,15H,5H2,1H3,(H3,13,14,16,17). The van der Waals surface area contributed by atoms with Crippen molar-refractivity contribution in [3.63, 3.8) is 0 Å². The van der Waals surface area contributed by atoms with Crippen LogP contribution in [-0.2, 0) is 11.4 Å². The topological polar surface area (TPSA) is 102 Å². The lowest BCUT2D eigenvalue weighted by atomic mass is 10.2. The summed E-state index contributed by atoms with van der Waals surface area (Å²) in [6.07, 6.45) is -0.915. The number of hydrogen-bond acceptors (Lipinski definition) is 4. The van der Waals surface area contributed by atoms with E-state index in [1.54, 1.807) is 18.2 Å². The number of ether oxygens (including phenoxy) is 1. The first-order valence-corrected chi connectivity index (χ1v) is 5.90. The van der Waals surface area contributed by atoms with Gasteiger partial charge < -0.3 is 15.6 Å². The second-order valence-corrected chi connectivity index (χ2v) is 4.35. The molecule has 0 radical (unpaired) electrons. The maximum absolute atomic E-state index is 11.5. The number of aliphatic hydroxyl groups is 1.